The van der Waals surface area contributed by atoms with E-state index in [4.69, 9.17) is 5.73 Å². The van der Waals surface area contributed by atoms with Crippen LogP contribution in [-0.4, -0.2) is 9.55 Å². The van der Waals surface area contributed by atoms with Gasteiger partial charge in [-0.2, -0.15) is 0 Å². The van der Waals surface area contributed by atoms with Crippen LogP contribution >= 0.6 is 0 Å². The quantitative estimate of drug-likeness (QED) is 0.875. The van der Waals surface area contributed by atoms with E-state index in [0.29, 0.717) is 6.54 Å². The first-order valence-electron chi connectivity index (χ1n) is 6.13. The molecule has 0 atom stereocenters. The zero-order valence-corrected chi connectivity index (χ0v) is 10.5. The highest BCUT2D eigenvalue weighted by atomic mass is 15.1. The lowest BCUT2D eigenvalue weighted by Gasteiger charge is -2.08. The minimum absolute atomic E-state index is 0.536. The van der Waals surface area contributed by atoms with Crippen LogP contribution in [0.5, 0.6) is 0 Å². The van der Waals surface area contributed by atoms with Crippen LogP contribution in [0, 0.1) is 0 Å². The number of hydrogen-bond acceptors (Lipinski definition) is 2. The van der Waals surface area contributed by atoms with Crippen LogP contribution in [0.4, 0.5) is 0 Å². The minimum Gasteiger partial charge on any atom is -0.327 e. The molecule has 2 rings (SSSR count). The zero-order chi connectivity index (χ0) is 12.3. The molecule has 0 bridgehead atoms. The Morgan fingerprint density at radius 1 is 1.18 bits per heavy atom. The highest BCUT2D eigenvalue weighted by Gasteiger charge is 2.09. The molecule has 0 amide bonds. The fourth-order valence-corrected chi connectivity index (χ4v) is 2.05. The van der Waals surface area contributed by atoms with Gasteiger partial charge in [-0.15, -0.1) is 0 Å². The second-order valence-electron chi connectivity index (χ2n) is 4.07. The third kappa shape index (κ3) is 2.24. The lowest BCUT2D eigenvalue weighted by atomic mass is 10.1. The topological polar surface area (TPSA) is 43.8 Å². The number of rotatable bonds is 4. The average molecular weight is 229 g/mol. The summed E-state index contributed by atoms with van der Waals surface area (Å²) in [4.78, 5) is 4.47. The second kappa shape index (κ2) is 5.15. The number of nitrogens with two attached hydrogens (primary N) is 1. The molecule has 0 aliphatic heterocycles. The molecular weight excluding hydrogens is 210 g/mol. The molecule has 0 unspecified atom stereocenters. The van der Waals surface area contributed by atoms with Gasteiger partial charge in [0.25, 0.3) is 0 Å². The van der Waals surface area contributed by atoms with E-state index in [2.05, 4.69) is 47.7 Å². The SMILES string of the molecule is CCc1ccc(-c2ncc(CN)n2CC)cc1. The summed E-state index contributed by atoms with van der Waals surface area (Å²) in [7, 11) is 0. The van der Waals surface area contributed by atoms with Gasteiger partial charge in [-0.3, -0.25) is 0 Å². The van der Waals surface area contributed by atoms with Crippen LogP contribution in [0.15, 0.2) is 30.5 Å². The van der Waals surface area contributed by atoms with E-state index in [1.165, 1.54) is 5.56 Å². The molecule has 0 radical (unpaired) electrons. The number of hydrogen-bond donors (Lipinski definition) is 1. The van der Waals surface area contributed by atoms with Crippen molar-refractivity contribution in [2.45, 2.75) is 33.4 Å². The fourth-order valence-electron chi connectivity index (χ4n) is 2.05. The van der Waals surface area contributed by atoms with E-state index in [1.54, 1.807) is 0 Å². The predicted molar refractivity (Wildman–Crippen MR) is 70.6 cm³/mol. The third-order valence-electron chi connectivity index (χ3n) is 3.08. The van der Waals surface area contributed by atoms with Gasteiger partial charge in [-0.1, -0.05) is 31.2 Å². The van der Waals surface area contributed by atoms with E-state index in [-0.39, 0.29) is 0 Å². The van der Waals surface area contributed by atoms with E-state index in [1.807, 2.05) is 6.20 Å². The van der Waals surface area contributed by atoms with Crippen LogP contribution in [0.3, 0.4) is 0 Å². The van der Waals surface area contributed by atoms with Gasteiger partial charge in [-0.25, -0.2) is 4.98 Å². The molecule has 3 heteroatoms. The number of nitrogens with zero attached hydrogens (tertiary/aromatic N) is 2. The molecule has 0 aliphatic rings. The van der Waals surface area contributed by atoms with E-state index < -0.39 is 0 Å². The molecule has 0 saturated heterocycles. The van der Waals surface area contributed by atoms with Crippen LogP contribution < -0.4 is 5.73 Å². The van der Waals surface area contributed by atoms with E-state index >= 15 is 0 Å². The molecule has 0 spiro atoms. The maximum absolute atomic E-state index is 5.70. The van der Waals surface area contributed by atoms with Crippen molar-refractivity contribution in [3.8, 4) is 11.4 Å². The Balaban J connectivity index is 2.41. The summed E-state index contributed by atoms with van der Waals surface area (Å²) in [6.07, 6.45) is 2.93. The molecule has 90 valence electrons. The van der Waals surface area contributed by atoms with Crippen molar-refractivity contribution in [1.29, 1.82) is 0 Å². The largest absolute Gasteiger partial charge is 0.327 e. The molecule has 2 N–H and O–H groups in total. The van der Waals surface area contributed by atoms with Gasteiger partial charge < -0.3 is 10.3 Å². The summed E-state index contributed by atoms with van der Waals surface area (Å²) in [5.74, 6) is 1.01. The van der Waals surface area contributed by atoms with Crippen LogP contribution in [0.2, 0.25) is 0 Å². The first kappa shape index (κ1) is 11.9. The van der Waals surface area contributed by atoms with Crippen molar-refractivity contribution in [2.24, 2.45) is 5.73 Å². The van der Waals surface area contributed by atoms with Crippen molar-refractivity contribution in [3.05, 3.63) is 41.7 Å². The summed E-state index contributed by atoms with van der Waals surface area (Å²) in [5.41, 5.74) is 9.29. The van der Waals surface area contributed by atoms with Gasteiger partial charge in [-0.05, 0) is 18.9 Å². The van der Waals surface area contributed by atoms with Crippen molar-refractivity contribution in [1.82, 2.24) is 9.55 Å². The smallest absolute Gasteiger partial charge is 0.140 e. The highest BCUT2D eigenvalue weighted by molar-refractivity contribution is 5.56. The molecule has 17 heavy (non-hydrogen) atoms. The normalized spacial score (nSPS) is 10.8. The van der Waals surface area contributed by atoms with Gasteiger partial charge in [0, 0.05) is 18.7 Å². The Kier molecular flexibility index (Phi) is 3.59. The lowest BCUT2D eigenvalue weighted by molar-refractivity contribution is 0.720. The zero-order valence-electron chi connectivity index (χ0n) is 10.5. The van der Waals surface area contributed by atoms with Crippen molar-refractivity contribution in [3.63, 3.8) is 0 Å². The van der Waals surface area contributed by atoms with E-state index in [0.717, 1.165) is 30.0 Å². The Morgan fingerprint density at radius 3 is 2.41 bits per heavy atom. The summed E-state index contributed by atoms with van der Waals surface area (Å²) in [5, 5.41) is 0. The maximum Gasteiger partial charge on any atom is 0.140 e. The summed E-state index contributed by atoms with van der Waals surface area (Å²) < 4.78 is 2.17. The first-order chi connectivity index (χ1) is 8.30. The Morgan fingerprint density at radius 2 is 1.88 bits per heavy atom. The van der Waals surface area contributed by atoms with E-state index in [9.17, 15) is 0 Å². The van der Waals surface area contributed by atoms with Gasteiger partial charge in [0.05, 0.1) is 11.9 Å². The van der Waals surface area contributed by atoms with Crippen molar-refractivity contribution >= 4 is 0 Å². The molecule has 2 aromatic rings. The van der Waals surface area contributed by atoms with Gasteiger partial charge in [0.15, 0.2) is 0 Å². The number of aryl methyl sites for hydroxylation is 1. The van der Waals surface area contributed by atoms with Crippen LogP contribution in [0.25, 0.3) is 11.4 Å². The Bertz CT molecular complexity index is 483. The summed E-state index contributed by atoms with van der Waals surface area (Å²) >= 11 is 0. The van der Waals surface area contributed by atoms with Gasteiger partial charge >= 0.3 is 0 Å². The summed E-state index contributed by atoms with van der Waals surface area (Å²) in [6.45, 7) is 5.71. The maximum atomic E-state index is 5.70. The molecule has 1 aromatic carbocycles. The molecule has 0 fully saturated rings. The Hall–Kier alpha value is -1.61. The standard InChI is InChI=1S/C14H19N3/c1-3-11-5-7-12(8-6-11)14-16-10-13(9-15)17(14)4-2/h5-8,10H,3-4,9,15H2,1-2H3. The van der Waals surface area contributed by atoms with Crippen LogP contribution in [-0.2, 0) is 19.5 Å². The first-order valence-corrected chi connectivity index (χ1v) is 6.13. The fraction of sp³-hybridized carbons (Fsp3) is 0.357. The molecule has 1 heterocycles. The third-order valence-corrected chi connectivity index (χ3v) is 3.08. The molecule has 1 aromatic heterocycles. The van der Waals surface area contributed by atoms with Gasteiger partial charge in [0.2, 0.25) is 0 Å². The molecular formula is C14H19N3. The number of imidazole rings is 1. The number of benzene rings is 1. The minimum atomic E-state index is 0.536. The van der Waals surface area contributed by atoms with Crippen LogP contribution in [0.1, 0.15) is 25.1 Å². The monoisotopic (exact) mass is 229 g/mol. The molecule has 0 aliphatic carbocycles. The van der Waals surface area contributed by atoms with Crippen molar-refractivity contribution < 1.29 is 0 Å². The molecule has 0 saturated carbocycles. The summed E-state index contributed by atoms with van der Waals surface area (Å²) in [6, 6.07) is 8.58. The highest BCUT2D eigenvalue weighted by Crippen LogP contribution is 2.20. The average Bonchev–Trinajstić information content (AvgIpc) is 2.81. The van der Waals surface area contributed by atoms with Gasteiger partial charge in [0.1, 0.15) is 5.82 Å². The van der Waals surface area contributed by atoms with Crippen molar-refractivity contribution in [2.75, 3.05) is 0 Å². The molecule has 3 nitrogen and oxygen atoms in total. The second-order valence-corrected chi connectivity index (χ2v) is 4.07. The Labute approximate surface area is 102 Å². The predicted octanol–water partition coefficient (Wildman–Crippen LogP) is 2.59. The number of aromatic nitrogens is 2. The lowest BCUT2D eigenvalue weighted by Crippen LogP contribution is -2.07.